The van der Waals surface area contributed by atoms with E-state index in [1.807, 2.05) is 13.0 Å². The quantitative estimate of drug-likeness (QED) is 0.742. The van der Waals surface area contributed by atoms with Crippen molar-refractivity contribution in [1.82, 2.24) is 0 Å². The fourth-order valence-electron chi connectivity index (χ4n) is 3.11. The molecule has 0 aliphatic carbocycles. The van der Waals surface area contributed by atoms with Crippen molar-refractivity contribution in [2.45, 2.75) is 25.7 Å². The molecule has 0 saturated carbocycles. The molecule has 3 rings (SSSR count). The lowest BCUT2D eigenvalue weighted by Gasteiger charge is -2.19. The van der Waals surface area contributed by atoms with Crippen LogP contribution in [0, 0.1) is 12.8 Å². The van der Waals surface area contributed by atoms with Gasteiger partial charge in [-0.2, -0.15) is 0 Å². The van der Waals surface area contributed by atoms with Gasteiger partial charge in [-0.25, -0.2) is 21.1 Å². The molecule has 1 unspecified atom stereocenters. The van der Waals surface area contributed by atoms with E-state index in [9.17, 15) is 21.6 Å². The van der Waals surface area contributed by atoms with Crippen LogP contribution in [0.4, 0.5) is 11.4 Å². The van der Waals surface area contributed by atoms with Crippen molar-refractivity contribution in [3.63, 3.8) is 0 Å². The average molecular weight is 439 g/mol. The Morgan fingerprint density at radius 2 is 1.93 bits per heavy atom. The van der Waals surface area contributed by atoms with Gasteiger partial charge >= 0.3 is 0 Å². The number of sulfonamides is 2. The topological polar surface area (TPSA) is 110 Å². The molecule has 1 heterocycles. The average Bonchev–Trinajstić information content (AvgIpc) is 2.82. The van der Waals surface area contributed by atoms with Crippen LogP contribution in [0.25, 0.3) is 0 Å². The molecule has 10 heteroatoms. The first kappa shape index (κ1) is 21.1. The zero-order valence-electron chi connectivity index (χ0n) is 16.2. The Kier molecular flexibility index (Phi) is 5.59. The van der Waals surface area contributed by atoms with E-state index in [-0.39, 0.29) is 28.7 Å². The van der Waals surface area contributed by atoms with Crippen molar-refractivity contribution >= 4 is 37.3 Å². The van der Waals surface area contributed by atoms with Crippen LogP contribution in [0.5, 0.6) is 5.75 Å². The third kappa shape index (κ3) is 4.23. The van der Waals surface area contributed by atoms with Gasteiger partial charge in [0.15, 0.2) is 0 Å². The number of carbonyl (C=O) groups is 1. The van der Waals surface area contributed by atoms with Crippen LogP contribution in [-0.2, 0) is 24.8 Å². The molecule has 1 atom stereocenters. The van der Waals surface area contributed by atoms with Gasteiger partial charge in [-0.1, -0.05) is 19.1 Å². The number of hydrogen-bond acceptors (Lipinski definition) is 6. The molecule has 8 nitrogen and oxygen atoms in total. The fraction of sp³-hybridized carbons (Fsp3) is 0.316. The van der Waals surface area contributed by atoms with Crippen LogP contribution < -0.4 is 13.8 Å². The summed E-state index contributed by atoms with van der Waals surface area (Å²) in [5.41, 5.74) is 1.19. The molecule has 0 aromatic heterocycles. The highest BCUT2D eigenvalue weighted by Crippen LogP contribution is 2.34. The number of benzene rings is 2. The predicted molar refractivity (Wildman–Crippen MR) is 110 cm³/mol. The van der Waals surface area contributed by atoms with Crippen LogP contribution in [0.3, 0.4) is 0 Å². The van der Waals surface area contributed by atoms with Crippen LogP contribution in [-0.4, -0.2) is 35.1 Å². The summed E-state index contributed by atoms with van der Waals surface area (Å²) in [6.07, 6.45) is 0. The Bertz CT molecular complexity index is 1160. The normalized spacial score (nSPS) is 18.7. The van der Waals surface area contributed by atoms with Crippen molar-refractivity contribution in [3.8, 4) is 5.75 Å². The SMILES string of the molecule is CCOc1ccc(N2C(=O)C(C)CS2(=O)=O)cc1S(=O)(=O)Nc1cccc(C)c1. The molecule has 1 N–H and O–H groups in total. The smallest absolute Gasteiger partial charge is 0.265 e. The first-order valence-corrected chi connectivity index (χ1v) is 12.1. The minimum atomic E-state index is -4.11. The van der Waals surface area contributed by atoms with E-state index in [2.05, 4.69) is 4.72 Å². The monoisotopic (exact) mass is 438 g/mol. The van der Waals surface area contributed by atoms with Crippen molar-refractivity contribution in [1.29, 1.82) is 0 Å². The number of ether oxygens (including phenoxy) is 1. The second-order valence-corrected chi connectivity index (χ2v) is 10.3. The largest absolute Gasteiger partial charge is 0.492 e. The summed E-state index contributed by atoms with van der Waals surface area (Å²) < 4.78 is 59.4. The highest BCUT2D eigenvalue weighted by atomic mass is 32.2. The van der Waals surface area contributed by atoms with Gasteiger partial charge in [0.05, 0.1) is 24.0 Å². The van der Waals surface area contributed by atoms with E-state index >= 15 is 0 Å². The lowest BCUT2D eigenvalue weighted by Crippen LogP contribution is -2.30. The van der Waals surface area contributed by atoms with Gasteiger partial charge < -0.3 is 4.74 Å². The molecule has 1 saturated heterocycles. The molecule has 1 fully saturated rings. The Morgan fingerprint density at radius 1 is 1.21 bits per heavy atom. The number of carbonyl (C=O) groups excluding carboxylic acids is 1. The van der Waals surface area contributed by atoms with Gasteiger partial charge in [0.2, 0.25) is 15.9 Å². The van der Waals surface area contributed by atoms with Crippen LogP contribution in [0.2, 0.25) is 0 Å². The summed E-state index contributed by atoms with van der Waals surface area (Å²) in [6.45, 7) is 5.26. The molecule has 29 heavy (non-hydrogen) atoms. The number of rotatable bonds is 6. The number of anilines is 2. The van der Waals surface area contributed by atoms with E-state index in [4.69, 9.17) is 4.74 Å². The lowest BCUT2D eigenvalue weighted by molar-refractivity contribution is -0.119. The molecule has 1 amide bonds. The third-order valence-electron chi connectivity index (χ3n) is 4.38. The Balaban J connectivity index is 2.09. The molecule has 156 valence electrons. The van der Waals surface area contributed by atoms with E-state index < -0.39 is 31.9 Å². The summed E-state index contributed by atoms with van der Waals surface area (Å²) in [5, 5.41) is 0. The van der Waals surface area contributed by atoms with Gasteiger partial charge in [-0.3, -0.25) is 9.52 Å². The van der Waals surface area contributed by atoms with Crippen molar-refractivity contribution in [3.05, 3.63) is 48.0 Å². The standard InChI is InChI=1S/C19H22N2O6S2/c1-4-27-17-9-8-16(21-19(22)14(3)12-28(21,23)24)11-18(17)29(25,26)20-15-7-5-6-13(2)10-15/h5-11,14,20H,4,12H2,1-3H3. The van der Waals surface area contributed by atoms with E-state index in [0.29, 0.717) is 9.99 Å². The molecule has 2 aromatic carbocycles. The second-order valence-electron chi connectivity index (χ2n) is 6.82. The van der Waals surface area contributed by atoms with Crippen molar-refractivity contribution < 1.29 is 26.4 Å². The Morgan fingerprint density at radius 3 is 2.52 bits per heavy atom. The Hall–Kier alpha value is -2.59. The molecular weight excluding hydrogens is 416 g/mol. The Labute approximate surface area is 170 Å². The number of nitrogens with zero attached hydrogens (tertiary/aromatic N) is 1. The van der Waals surface area contributed by atoms with Gasteiger partial charge in [-0.05, 0) is 49.7 Å². The summed E-state index contributed by atoms with van der Waals surface area (Å²) in [5.74, 6) is -1.54. The maximum absolute atomic E-state index is 13.0. The van der Waals surface area contributed by atoms with Crippen LogP contribution in [0.1, 0.15) is 19.4 Å². The van der Waals surface area contributed by atoms with Crippen molar-refractivity contribution in [2.75, 3.05) is 21.4 Å². The number of nitrogens with one attached hydrogen (secondary N) is 1. The lowest BCUT2D eigenvalue weighted by atomic mass is 10.2. The van der Waals surface area contributed by atoms with Crippen LogP contribution >= 0.6 is 0 Å². The first-order chi connectivity index (χ1) is 13.5. The summed E-state index contributed by atoms with van der Waals surface area (Å²) in [4.78, 5) is 12.1. The molecule has 0 bridgehead atoms. The van der Waals surface area contributed by atoms with E-state index in [0.717, 1.165) is 11.6 Å². The second kappa shape index (κ2) is 7.68. The van der Waals surface area contributed by atoms with E-state index in [1.165, 1.54) is 19.1 Å². The van der Waals surface area contributed by atoms with Gasteiger partial charge in [0.25, 0.3) is 10.0 Å². The molecule has 1 aliphatic rings. The number of amides is 1. The molecule has 0 radical (unpaired) electrons. The minimum Gasteiger partial charge on any atom is -0.492 e. The number of aryl methyl sites for hydroxylation is 1. The highest BCUT2D eigenvalue weighted by molar-refractivity contribution is 7.94. The molecular formula is C19H22N2O6S2. The zero-order chi connectivity index (χ0) is 21.4. The van der Waals surface area contributed by atoms with Gasteiger partial charge in [-0.15, -0.1) is 0 Å². The zero-order valence-corrected chi connectivity index (χ0v) is 17.9. The maximum atomic E-state index is 13.0. The minimum absolute atomic E-state index is 0.0348. The molecule has 1 aliphatic heterocycles. The highest BCUT2D eigenvalue weighted by Gasteiger charge is 2.42. The van der Waals surface area contributed by atoms with Crippen LogP contribution in [0.15, 0.2) is 47.4 Å². The summed E-state index contributed by atoms with van der Waals surface area (Å²) >= 11 is 0. The molecule has 0 spiro atoms. The first-order valence-electron chi connectivity index (χ1n) is 8.98. The summed E-state index contributed by atoms with van der Waals surface area (Å²) in [6, 6.07) is 10.7. The number of hydrogen-bond donors (Lipinski definition) is 1. The molecule has 2 aromatic rings. The predicted octanol–water partition coefficient (Wildman–Crippen LogP) is 2.51. The summed E-state index contributed by atoms with van der Waals surface area (Å²) in [7, 11) is -7.97. The van der Waals surface area contributed by atoms with Gasteiger partial charge in [0.1, 0.15) is 10.6 Å². The third-order valence-corrected chi connectivity index (χ3v) is 7.65. The van der Waals surface area contributed by atoms with E-state index in [1.54, 1.807) is 25.1 Å². The fourth-order valence-corrected chi connectivity index (χ4v) is 6.14. The van der Waals surface area contributed by atoms with Gasteiger partial charge in [0, 0.05) is 5.69 Å². The maximum Gasteiger partial charge on any atom is 0.265 e. The van der Waals surface area contributed by atoms with Crippen molar-refractivity contribution in [2.24, 2.45) is 5.92 Å².